The second kappa shape index (κ2) is 3.48. The van der Waals surface area contributed by atoms with E-state index in [4.69, 9.17) is 11.6 Å². The molecule has 0 aliphatic heterocycles. The topological polar surface area (TPSA) is 0 Å². The Hall–Kier alpha value is -0.250. The Morgan fingerprint density at radius 2 is 2.23 bits per heavy atom. The maximum absolute atomic E-state index is 13.0. The van der Waals surface area contributed by atoms with Gasteiger partial charge in [-0.3, -0.25) is 0 Å². The van der Waals surface area contributed by atoms with Crippen LogP contribution in [-0.4, -0.2) is 6.26 Å². The van der Waals surface area contributed by atoms with Crippen molar-refractivity contribution in [1.29, 1.82) is 0 Å². The molecule has 2 aromatic rings. The van der Waals surface area contributed by atoms with Gasteiger partial charge in [-0.2, -0.15) is 0 Å². The van der Waals surface area contributed by atoms with Crippen LogP contribution < -0.4 is 0 Å². The molecular weight excluding hydrogens is 227 g/mol. The number of hydrogen-bond acceptors (Lipinski definition) is 2. The van der Waals surface area contributed by atoms with Gasteiger partial charge in [0, 0.05) is 15.7 Å². The molecule has 68 valence electrons. The quantitative estimate of drug-likeness (QED) is 0.656. The molecule has 0 saturated carbocycles. The van der Waals surface area contributed by atoms with Gasteiger partial charge in [0.2, 0.25) is 0 Å². The number of fused-ring (bicyclic) bond motifs is 1. The minimum atomic E-state index is -0.344. The molecule has 0 aliphatic carbocycles. The maximum atomic E-state index is 13.0. The molecule has 0 amide bonds. The largest absolute Gasteiger partial charge is 0.205 e. The fourth-order valence-corrected chi connectivity index (χ4v) is 3.32. The number of hydrogen-bond donors (Lipinski definition) is 0. The Balaban J connectivity index is 2.81. The normalized spacial score (nSPS) is 11.0. The lowest BCUT2D eigenvalue weighted by Gasteiger charge is -1.96. The van der Waals surface area contributed by atoms with Crippen LogP contribution in [-0.2, 0) is 0 Å². The molecule has 1 aromatic heterocycles. The van der Waals surface area contributed by atoms with Gasteiger partial charge in [-0.25, -0.2) is 4.39 Å². The summed E-state index contributed by atoms with van der Waals surface area (Å²) in [6.45, 7) is 0. The van der Waals surface area contributed by atoms with Gasteiger partial charge in [0.15, 0.2) is 0 Å². The molecule has 0 spiro atoms. The molecule has 0 nitrogen and oxygen atoms in total. The van der Waals surface area contributed by atoms with E-state index in [1.54, 1.807) is 17.8 Å². The van der Waals surface area contributed by atoms with Crippen molar-refractivity contribution in [2.45, 2.75) is 4.90 Å². The first-order valence-electron chi connectivity index (χ1n) is 3.63. The van der Waals surface area contributed by atoms with Crippen molar-refractivity contribution in [3.05, 3.63) is 28.4 Å². The van der Waals surface area contributed by atoms with E-state index in [-0.39, 0.29) is 10.8 Å². The van der Waals surface area contributed by atoms with Gasteiger partial charge in [-0.15, -0.1) is 23.1 Å². The summed E-state index contributed by atoms with van der Waals surface area (Å²) in [7, 11) is 0. The summed E-state index contributed by atoms with van der Waals surface area (Å²) in [6.07, 6.45) is 2.00. The summed E-state index contributed by atoms with van der Waals surface area (Å²) in [4.78, 5) is 1.15. The molecule has 0 aliphatic rings. The highest BCUT2D eigenvalue weighted by atomic mass is 35.5. The molecule has 0 bridgehead atoms. The number of thiophene rings is 1. The van der Waals surface area contributed by atoms with E-state index in [2.05, 4.69) is 0 Å². The first kappa shape index (κ1) is 9.31. The number of thioether (sulfide) groups is 1. The molecule has 0 saturated heterocycles. The van der Waals surface area contributed by atoms with E-state index in [9.17, 15) is 4.39 Å². The van der Waals surface area contributed by atoms with Crippen molar-refractivity contribution in [2.24, 2.45) is 0 Å². The molecule has 0 fully saturated rings. The number of benzene rings is 1. The first-order valence-corrected chi connectivity index (χ1v) is 6.11. The standard InChI is InChI=1S/C9H6ClFS2/c1-12-7-4-13-9-5(7)2-3-6(11)8(9)10/h2-4H,1H3. The number of rotatable bonds is 1. The third kappa shape index (κ3) is 1.45. The minimum absolute atomic E-state index is 0.239. The predicted octanol–water partition coefficient (Wildman–Crippen LogP) is 4.42. The zero-order valence-electron chi connectivity index (χ0n) is 6.80. The smallest absolute Gasteiger partial charge is 0.143 e. The van der Waals surface area contributed by atoms with E-state index in [0.717, 1.165) is 15.0 Å². The van der Waals surface area contributed by atoms with E-state index >= 15 is 0 Å². The highest BCUT2D eigenvalue weighted by Crippen LogP contribution is 2.37. The fourth-order valence-electron chi connectivity index (χ4n) is 1.18. The molecule has 0 unspecified atom stereocenters. The summed E-state index contributed by atoms with van der Waals surface area (Å²) in [5.74, 6) is -0.344. The Morgan fingerprint density at radius 1 is 1.46 bits per heavy atom. The summed E-state index contributed by atoms with van der Waals surface area (Å²) < 4.78 is 13.9. The molecule has 0 radical (unpaired) electrons. The highest BCUT2D eigenvalue weighted by molar-refractivity contribution is 7.99. The van der Waals surface area contributed by atoms with Crippen LogP contribution in [0.1, 0.15) is 0 Å². The second-order valence-electron chi connectivity index (χ2n) is 2.54. The van der Waals surface area contributed by atoms with E-state index in [1.807, 2.05) is 11.6 Å². The lowest BCUT2D eigenvalue weighted by Crippen LogP contribution is -1.75. The minimum Gasteiger partial charge on any atom is -0.205 e. The van der Waals surface area contributed by atoms with Crippen LogP contribution in [0.2, 0.25) is 5.02 Å². The van der Waals surface area contributed by atoms with E-state index in [1.165, 1.54) is 17.4 Å². The molecule has 0 N–H and O–H groups in total. The average Bonchev–Trinajstić information content (AvgIpc) is 2.55. The van der Waals surface area contributed by atoms with Gasteiger partial charge < -0.3 is 0 Å². The van der Waals surface area contributed by atoms with Crippen LogP contribution in [0.5, 0.6) is 0 Å². The van der Waals surface area contributed by atoms with Crippen LogP contribution in [0.15, 0.2) is 22.4 Å². The predicted molar refractivity (Wildman–Crippen MR) is 58.6 cm³/mol. The van der Waals surface area contributed by atoms with Crippen molar-refractivity contribution in [2.75, 3.05) is 6.26 Å². The lowest BCUT2D eigenvalue weighted by atomic mass is 10.2. The van der Waals surface area contributed by atoms with Crippen molar-refractivity contribution >= 4 is 44.8 Å². The van der Waals surface area contributed by atoms with Crippen molar-refractivity contribution in [1.82, 2.24) is 0 Å². The Morgan fingerprint density at radius 3 is 2.92 bits per heavy atom. The molecule has 13 heavy (non-hydrogen) atoms. The summed E-state index contributed by atoms with van der Waals surface area (Å²) >= 11 is 8.96. The van der Waals surface area contributed by atoms with Gasteiger partial charge >= 0.3 is 0 Å². The molecule has 1 aromatic carbocycles. The Kier molecular flexibility index (Phi) is 2.49. The van der Waals surface area contributed by atoms with Crippen molar-refractivity contribution < 1.29 is 4.39 Å². The Bertz CT molecular complexity index is 450. The van der Waals surface area contributed by atoms with Crippen LogP contribution in [0.3, 0.4) is 0 Å². The lowest BCUT2D eigenvalue weighted by molar-refractivity contribution is 0.630. The molecule has 4 heteroatoms. The summed E-state index contributed by atoms with van der Waals surface area (Å²) in [6, 6.07) is 3.19. The number of halogens is 2. The van der Waals surface area contributed by atoms with Crippen molar-refractivity contribution in [3.8, 4) is 0 Å². The third-order valence-electron chi connectivity index (χ3n) is 1.82. The molecule has 0 atom stereocenters. The van der Waals surface area contributed by atoms with Gasteiger partial charge in [0.25, 0.3) is 0 Å². The fraction of sp³-hybridized carbons (Fsp3) is 0.111. The molecule has 2 rings (SSSR count). The van der Waals surface area contributed by atoms with Crippen molar-refractivity contribution in [3.63, 3.8) is 0 Å². The third-order valence-corrected chi connectivity index (χ3v) is 4.24. The zero-order valence-corrected chi connectivity index (χ0v) is 9.19. The van der Waals surface area contributed by atoms with Crippen LogP contribution >= 0.6 is 34.7 Å². The average molecular weight is 233 g/mol. The Labute approximate surface area is 88.7 Å². The highest BCUT2D eigenvalue weighted by Gasteiger charge is 2.09. The summed E-state index contributed by atoms with van der Waals surface area (Å²) in [5, 5.41) is 3.28. The first-order chi connectivity index (χ1) is 6.24. The second-order valence-corrected chi connectivity index (χ2v) is 4.65. The van der Waals surface area contributed by atoms with Gasteiger partial charge in [0.1, 0.15) is 5.82 Å². The van der Waals surface area contributed by atoms with Crippen LogP contribution in [0.25, 0.3) is 10.1 Å². The van der Waals surface area contributed by atoms with Gasteiger partial charge in [0.05, 0.1) is 9.72 Å². The monoisotopic (exact) mass is 232 g/mol. The zero-order chi connectivity index (χ0) is 9.42. The van der Waals surface area contributed by atoms with Gasteiger partial charge in [-0.05, 0) is 18.4 Å². The summed E-state index contributed by atoms with van der Waals surface area (Å²) in [5.41, 5.74) is 0. The maximum Gasteiger partial charge on any atom is 0.143 e. The molecular formula is C9H6ClFS2. The van der Waals surface area contributed by atoms with E-state index in [0.29, 0.717) is 0 Å². The van der Waals surface area contributed by atoms with Crippen LogP contribution in [0, 0.1) is 5.82 Å². The van der Waals surface area contributed by atoms with E-state index < -0.39 is 0 Å². The van der Waals surface area contributed by atoms with Crippen LogP contribution in [0.4, 0.5) is 4.39 Å². The molecule has 1 heterocycles. The SMILES string of the molecule is CSc1csc2c(Cl)c(F)ccc12. The van der Waals surface area contributed by atoms with Gasteiger partial charge in [-0.1, -0.05) is 11.6 Å².